The fourth-order valence-electron chi connectivity index (χ4n) is 6.18. The predicted octanol–water partition coefficient (Wildman–Crippen LogP) is 7.14. The Balaban J connectivity index is 1.30. The van der Waals surface area contributed by atoms with E-state index in [2.05, 4.69) is 95.5 Å². The first-order chi connectivity index (χ1) is 18.3. The highest BCUT2D eigenvalue weighted by Gasteiger charge is 2.51. The Kier molecular flexibility index (Phi) is 4.17. The summed E-state index contributed by atoms with van der Waals surface area (Å²) >= 11 is 0. The molecule has 1 spiro atoms. The van der Waals surface area contributed by atoms with E-state index in [4.69, 9.17) is 9.47 Å². The van der Waals surface area contributed by atoms with Gasteiger partial charge in [-0.25, -0.2) is 0 Å². The van der Waals surface area contributed by atoms with Crippen LogP contribution in [0.1, 0.15) is 39.6 Å². The van der Waals surface area contributed by atoms with Crippen molar-refractivity contribution in [2.75, 3.05) is 0 Å². The first-order valence-corrected chi connectivity index (χ1v) is 12.5. The lowest BCUT2D eigenvalue weighted by molar-refractivity contribution is 0.191. The maximum Gasteiger partial charge on any atom is 0.240 e. The molecule has 3 aliphatic rings. The van der Waals surface area contributed by atoms with E-state index < -0.39 is 5.41 Å². The molecule has 4 nitrogen and oxygen atoms in total. The van der Waals surface area contributed by atoms with Gasteiger partial charge in [0.25, 0.3) is 0 Å². The van der Waals surface area contributed by atoms with Crippen LogP contribution >= 0.6 is 0 Å². The largest absolute Gasteiger partial charge is 0.457 e. The number of hydrogen-bond acceptors (Lipinski definition) is 4. The van der Waals surface area contributed by atoms with Crippen LogP contribution in [0.2, 0.25) is 0 Å². The lowest BCUT2D eigenvalue weighted by atomic mass is 9.66. The third-order valence-electron chi connectivity index (χ3n) is 7.71. The van der Waals surface area contributed by atoms with Gasteiger partial charge in [0.2, 0.25) is 12.1 Å². The molecule has 1 N–H and O–H groups in total. The first kappa shape index (κ1) is 20.4. The third-order valence-corrected chi connectivity index (χ3v) is 7.71. The maximum atomic E-state index is 6.59. The number of fused-ring (bicyclic) bond motifs is 9. The van der Waals surface area contributed by atoms with Gasteiger partial charge in [-0.2, -0.15) is 0 Å². The fourth-order valence-corrected chi connectivity index (χ4v) is 6.18. The van der Waals surface area contributed by atoms with E-state index in [1.165, 1.54) is 22.3 Å². The molecule has 5 aromatic carbocycles. The van der Waals surface area contributed by atoms with Crippen LogP contribution in [0.3, 0.4) is 0 Å². The van der Waals surface area contributed by atoms with Crippen LogP contribution in [-0.2, 0) is 10.2 Å². The van der Waals surface area contributed by atoms with Gasteiger partial charge >= 0.3 is 0 Å². The zero-order valence-corrected chi connectivity index (χ0v) is 19.9. The van der Waals surface area contributed by atoms with Gasteiger partial charge < -0.3 is 9.47 Å². The molecule has 0 aromatic heterocycles. The van der Waals surface area contributed by atoms with Crippen molar-refractivity contribution < 1.29 is 9.47 Å². The third kappa shape index (κ3) is 2.75. The summed E-state index contributed by atoms with van der Waals surface area (Å²) in [6.45, 7) is 0. The normalized spacial score (nSPS) is 17.4. The summed E-state index contributed by atoms with van der Waals surface area (Å²) in [5.74, 6) is 2.30. The summed E-state index contributed by atoms with van der Waals surface area (Å²) < 4.78 is 12.8. The molecule has 37 heavy (non-hydrogen) atoms. The molecule has 1 unspecified atom stereocenters. The van der Waals surface area contributed by atoms with E-state index in [9.17, 15) is 0 Å². The summed E-state index contributed by atoms with van der Waals surface area (Å²) in [7, 11) is 0. The fraction of sp³-hybridized carbons (Fsp3) is 0.0606. The molecule has 0 fully saturated rings. The monoisotopic (exact) mass is 478 g/mol. The van der Waals surface area contributed by atoms with Crippen molar-refractivity contribution in [1.29, 1.82) is 0 Å². The molecule has 4 heteroatoms. The molecule has 2 aliphatic heterocycles. The van der Waals surface area contributed by atoms with Crippen molar-refractivity contribution in [3.05, 3.63) is 155 Å². The van der Waals surface area contributed by atoms with Gasteiger partial charge in [0.15, 0.2) is 0 Å². The zero-order valence-electron chi connectivity index (χ0n) is 19.9. The molecule has 2 heterocycles. The predicted molar refractivity (Wildman–Crippen MR) is 144 cm³/mol. The Bertz CT molecular complexity index is 1680. The van der Waals surface area contributed by atoms with Gasteiger partial charge in [0.05, 0.1) is 5.41 Å². The van der Waals surface area contributed by atoms with Crippen molar-refractivity contribution in [2.45, 2.75) is 11.6 Å². The highest BCUT2D eigenvalue weighted by molar-refractivity contribution is 5.95. The minimum Gasteiger partial charge on any atom is -0.457 e. The van der Waals surface area contributed by atoms with Gasteiger partial charge in [-0.3, -0.25) is 5.43 Å². The second-order valence-corrected chi connectivity index (χ2v) is 9.60. The van der Waals surface area contributed by atoms with Crippen LogP contribution in [0, 0.1) is 0 Å². The van der Waals surface area contributed by atoms with Crippen LogP contribution in [0.15, 0.2) is 126 Å². The van der Waals surface area contributed by atoms with E-state index in [1.807, 2.05) is 36.4 Å². The van der Waals surface area contributed by atoms with E-state index >= 15 is 0 Å². The van der Waals surface area contributed by atoms with Crippen molar-refractivity contribution in [1.82, 2.24) is 5.43 Å². The van der Waals surface area contributed by atoms with Gasteiger partial charge in [-0.1, -0.05) is 97.1 Å². The molecule has 176 valence electrons. The molecule has 0 radical (unpaired) electrons. The Morgan fingerprint density at radius 3 is 1.97 bits per heavy atom. The Morgan fingerprint density at radius 2 is 1.22 bits per heavy atom. The summed E-state index contributed by atoms with van der Waals surface area (Å²) in [5, 5.41) is 4.45. The quantitative estimate of drug-likeness (QED) is 0.287. The summed E-state index contributed by atoms with van der Waals surface area (Å²) in [4.78, 5) is 0. The summed E-state index contributed by atoms with van der Waals surface area (Å²) in [6, 6.07) is 42.3. The van der Waals surface area contributed by atoms with Crippen molar-refractivity contribution in [2.24, 2.45) is 5.10 Å². The number of hydrazone groups is 1. The number of para-hydroxylation sites is 1. The van der Waals surface area contributed by atoms with Gasteiger partial charge in [0, 0.05) is 22.3 Å². The second-order valence-electron chi connectivity index (χ2n) is 9.60. The van der Waals surface area contributed by atoms with Gasteiger partial charge in [-0.05, 0) is 46.5 Å². The number of benzene rings is 5. The highest BCUT2D eigenvalue weighted by atomic mass is 16.5. The molecule has 1 aliphatic carbocycles. The van der Waals surface area contributed by atoms with Crippen LogP contribution in [0.4, 0.5) is 0 Å². The molecule has 0 saturated heterocycles. The Morgan fingerprint density at radius 1 is 0.595 bits per heavy atom. The minimum atomic E-state index is -0.453. The molecule has 0 saturated carbocycles. The molecular formula is C33H22N2O2. The number of rotatable bonds is 2. The van der Waals surface area contributed by atoms with Gasteiger partial charge in [-0.15, -0.1) is 5.10 Å². The average molecular weight is 479 g/mol. The molecule has 0 bridgehead atoms. The number of ether oxygens (including phenoxy) is 2. The number of nitrogens with zero attached hydrogens (tertiary/aromatic N) is 1. The lowest BCUT2D eigenvalue weighted by Gasteiger charge is -2.39. The molecule has 0 amide bonds. The van der Waals surface area contributed by atoms with E-state index in [1.54, 1.807) is 0 Å². The molecule has 5 aromatic rings. The standard InChI is InChI=1S/C33H22N2O2/c1-2-10-21(11-3-1)31-34-35-32(37-31)22-18-19-28-30(20-22)36-29-17-9-8-16-27(29)33(28)25-14-6-4-12-23(25)24-13-5-7-15-26(24)33/h1-20,32,35H. The van der Waals surface area contributed by atoms with Crippen molar-refractivity contribution in [3.63, 3.8) is 0 Å². The Labute approximate surface area is 214 Å². The lowest BCUT2D eigenvalue weighted by Crippen LogP contribution is -2.32. The highest BCUT2D eigenvalue weighted by Crippen LogP contribution is 2.62. The SMILES string of the molecule is c1ccc(C2=NNC(c3ccc4c(c3)Oc3ccccc3C43c4ccccc4-c4ccccc43)O2)cc1. The minimum absolute atomic E-state index is 0.389. The number of hydrogen-bond donors (Lipinski definition) is 1. The van der Waals surface area contributed by atoms with Crippen LogP contribution in [-0.4, -0.2) is 5.90 Å². The van der Waals surface area contributed by atoms with E-state index in [0.29, 0.717) is 5.90 Å². The van der Waals surface area contributed by atoms with Crippen LogP contribution < -0.4 is 10.2 Å². The second kappa shape index (κ2) is 7.58. The Hall–Kier alpha value is -4.83. The van der Waals surface area contributed by atoms with Crippen LogP contribution in [0.5, 0.6) is 11.5 Å². The smallest absolute Gasteiger partial charge is 0.240 e. The maximum absolute atomic E-state index is 6.59. The number of nitrogens with one attached hydrogen (secondary N) is 1. The first-order valence-electron chi connectivity index (χ1n) is 12.5. The summed E-state index contributed by atoms with van der Waals surface area (Å²) in [5.41, 5.74) is 12.0. The molecule has 1 atom stereocenters. The van der Waals surface area contributed by atoms with E-state index in [-0.39, 0.29) is 6.23 Å². The molecule has 8 rings (SSSR count). The zero-order chi connectivity index (χ0) is 24.4. The molecular weight excluding hydrogens is 456 g/mol. The summed E-state index contributed by atoms with van der Waals surface area (Å²) in [6.07, 6.45) is -0.389. The van der Waals surface area contributed by atoms with Crippen molar-refractivity contribution in [3.8, 4) is 22.6 Å². The van der Waals surface area contributed by atoms with E-state index in [0.717, 1.165) is 33.8 Å². The topological polar surface area (TPSA) is 42.9 Å². The van der Waals surface area contributed by atoms with Crippen molar-refractivity contribution >= 4 is 5.90 Å². The van der Waals surface area contributed by atoms with Gasteiger partial charge in [0.1, 0.15) is 11.5 Å². The van der Waals surface area contributed by atoms with Crippen LogP contribution in [0.25, 0.3) is 11.1 Å². The average Bonchev–Trinajstić information content (AvgIpc) is 3.57.